The van der Waals surface area contributed by atoms with Gasteiger partial charge in [-0.3, -0.25) is 9.59 Å². The Kier molecular flexibility index (Phi) is 8.79. The molecule has 0 aromatic heterocycles. The molecule has 0 heterocycles. The molecule has 7 nitrogen and oxygen atoms in total. The lowest BCUT2D eigenvalue weighted by Gasteiger charge is -2.25. The summed E-state index contributed by atoms with van der Waals surface area (Å²) in [5, 5.41) is 5.69. The zero-order chi connectivity index (χ0) is 27.1. The van der Waals surface area contributed by atoms with E-state index in [-0.39, 0.29) is 31.0 Å². The van der Waals surface area contributed by atoms with Gasteiger partial charge in [0.15, 0.2) is 0 Å². The summed E-state index contributed by atoms with van der Waals surface area (Å²) in [6.07, 6.45) is -0.171. The van der Waals surface area contributed by atoms with Gasteiger partial charge in [0.2, 0.25) is 5.91 Å². The smallest absolute Gasteiger partial charge is 0.407 e. The topological polar surface area (TPSA) is 93.7 Å². The van der Waals surface area contributed by atoms with E-state index in [9.17, 15) is 14.4 Å². The lowest BCUT2D eigenvalue weighted by atomic mass is 9.98. The molecule has 0 unspecified atom stereocenters. The van der Waals surface area contributed by atoms with Gasteiger partial charge in [0, 0.05) is 12.8 Å². The van der Waals surface area contributed by atoms with Gasteiger partial charge in [-0.25, -0.2) is 4.79 Å². The van der Waals surface area contributed by atoms with E-state index in [1.54, 1.807) is 0 Å². The van der Waals surface area contributed by atoms with Gasteiger partial charge < -0.3 is 20.1 Å². The number of carbonyl (C=O) groups is 3. The van der Waals surface area contributed by atoms with Crippen LogP contribution in [0.3, 0.4) is 0 Å². The highest BCUT2D eigenvalue weighted by molar-refractivity contribution is 5.86. The van der Waals surface area contributed by atoms with Crippen LogP contribution in [0, 0.1) is 5.92 Å². The largest absolute Gasteiger partial charge is 0.464 e. The molecule has 198 valence electrons. The normalized spacial score (nSPS) is 13.7. The zero-order valence-electron chi connectivity index (χ0n) is 22.0. The molecule has 4 rings (SSSR count). The highest BCUT2D eigenvalue weighted by Crippen LogP contribution is 2.44. The second kappa shape index (κ2) is 12.4. The number of nitrogens with one attached hydrogen (secondary N) is 2. The number of ether oxygens (including phenoxy) is 2. The molecular formula is C31H34N2O5. The lowest BCUT2D eigenvalue weighted by Crippen LogP contribution is -2.53. The highest BCUT2D eigenvalue weighted by Gasteiger charge is 2.31. The van der Waals surface area contributed by atoms with Crippen LogP contribution in [0.5, 0.6) is 0 Å². The molecule has 0 saturated heterocycles. The number of amides is 2. The molecule has 0 radical (unpaired) electrons. The summed E-state index contributed by atoms with van der Waals surface area (Å²) >= 11 is 0. The van der Waals surface area contributed by atoms with Crippen molar-refractivity contribution in [2.24, 2.45) is 5.92 Å². The number of benzene rings is 3. The fraction of sp³-hybridized carbons (Fsp3) is 0.323. The van der Waals surface area contributed by atoms with Gasteiger partial charge in [-0.15, -0.1) is 0 Å². The van der Waals surface area contributed by atoms with E-state index >= 15 is 0 Å². The standard InChI is InChI=1S/C31H34N2O5/c1-20(2)29(30(35)32-23(18-37-21(3)34)17-22-11-5-4-6-12-22)33-31(36)38-19-28-26-15-9-7-13-24(26)25-14-8-10-16-27(25)28/h4-16,20,23,28-29H,17-19H2,1-3H3,(H,32,35)(H,33,36)/t23-,29-/m0/s1. The molecule has 0 spiro atoms. The molecular weight excluding hydrogens is 480 g/mol. The van der Waals surface area contributed by atoms with Crippen LogP contribution in [-0.4, -0.2) is 43.3 Å². The Labute approximate surface area is 223 Å². The van der Waals surface area contributed by atoms with Crippen LogP contribution in [0.25, 0.3) is 11.1 Å². The monoisotopic (exact) mass is 514 g/mol. The van der Waals surface area contributed by atoms with Crippen LogP contribution in [0.2, 0.25) is 0 Å². The average molecular weight is 515 g/mol. The van der Waals surface area contributed by atoms with E-state index in [2.05, 4.69) is 34.9 Å². The van der Waals surface area contributed by atoms with Crippen molar-refractivity contribution in [2.75, 3.05) is 13.2 Å². The van der Waals surface area contributed by atoms with Crippen LogP contribution in [0.1, 0.15) is 43.4 Å². The number of fused-ring (bicyclic) bond motifs is 3. The third-order valence-electron chi connectivity index (χ3n) is 6.73. The number of esters is 1. The van der Waals surface area contributed by atoms with Crippen molar-refractivity contribution in [3.05, 3.63) is 95.6 Å². The molecule has 0 aliphatic heterocycles. The Morgan fingerprint density at radius 1 is 0.789 bits per heavy atom. The molecule has 0 bridgehead atoms. The Balaban J connectivity index is 1.39. The van der Waals surface area contributed by atoms with Crippen molar-refractivity contribution in [1.29, 1.82) is 0 Å². The quantitative estimate of drug-likeness (QED) is 0.378. The molecule has 1 aliphatic rings. The molecule has 3 aromatic carbocycles. The maximum atomic E-state index is 13.2. The van der Waals surface area contributed by atoms with Crippen LogP contribution in [0.15, 0.2) is 78.9 Å². The molecule has 0 fully saturated rings. The van der Waals surface area contributed by atoms with Crippen molar-refractivity contribution in [1.82, 2.24) is 10.6 Å². The van der Waals surface area contributed by atoms with Gasteiger partial charge in [0.25, 0.3) is 0 Å². The maximum absolute atomic E-state index is 13.2. The maximum Gasteiger partial charge on any atom is 0.407 e. The number of hydrogen-bond donors (Lipinski definition) is 2. The van der Waals surface area contributed by atoms with E-state index in [4.69, 9.17) is 9.47 Å². The van der Waals surface area contributed by atoms with Gasteiger partial charge in [0.05, 0.1) is 6.04 Å². The second-order valence-electron chi connectivity index (χ2n) is 9.89. The SMILES string of the molecule is CC(=O)OC[C@H](Cc1ccccc1)NC(=O)[C@@H](NC(=O)OCC1c2ccccc2-c2ccccc21)C(C)C. The van der Waals surface area contributed by atoms with Crippen LogP contribution in [0.4, 0.5) is 4.79 Å². The van der Waals surface area contributed by atoms with Crippen molar-refractivity contribution < 1.29 is 23.9 Å². The van der Waals surface area contributed by atoms with Crippen molar-refractivity contribution in [3.63, 3.8) is 0 Å². The van der Waals surface area contributed by atoms with Crippen molar-refractivity contribution >= 4 is 18.0 Å². The summed E-state index contributed by atoms with van der Waals surface area (Å²) < 4.78 is 10.8. The number of carbonyl (C=O) groups excluding carboxylic acids is 3. The Hall–Kier alpha value is -4.13. The first-order valence-corrected chi connectivity index (χ1v) is 12.9. The summed E-state index contributed by atoms with van der Waals surface area (Å²) in [5.41, 5.74) is 5.53. The highest BCUT2D eigenvalue weighted by atomic mass is 16.5. The van der Waals surface area contributed by atoms with E-state index in [1.807, 2.05) is 68.4 Å². The van der Waals surface area contributed by atoms with Gasteiger partial charge in [-0.2, -0.15) is 0 Å². The summed E-state index contributed by atoms with van der Waals surface area (Å²) in [6.45, 7) is 5.23. The predicted molar refractivity (Wildman–Crippen MR) is 146 cm³/mol. The number of hydrogen-bond acceptors (Lipinski definition) is 5. The van der Waals surface area contributed by atoms with Crippen molar-refractivity contribution in [2.45, 2.75) is 45.2 Å². The molecule has 2 atom stereocenters. The summed E-state index contributed by atoms with van der Waals surface area (Å²) in [7, 11) is 0. The van der Waals surface area contributed by atoms with E-state index in [1.165, 1.54) is 6.92 Å². The second-order valence-corrected chi connectivity index (χ2v) is 9.89. The van der Waals surface area contributed by atoms with E-state index in [0.29, 0.717) is 6.42 Å². The Bertz CT molecular complexity index is 1230. The average Bonchev–Trinajstić information content (AvgIpc) is 3.23. The van der Waals surface area contributed by atoms with Gasteiger partial charge >= 0.3 is 12.1 Å². The van der Waals surface area contributed by atoms with Gasteiger partial charge in [-0.1, -0.05) is 92.7 Å². The first-order chi connectivity index (χ1) is 18.3. The Morgan fingerprint density at radius 3 is 1.95 bits per heavy atom. The molecule has 3 aromatic rings. The summed E-state index contributed by atoms with van der Waals surface area (Å²) in [5.74, 6) is -1.05. The third-order valence-corrected chi connectivity index (χ3v) is 6.73. The van der Waals surface area contributed by atoms with Gasteiger partial charge in [0.1, 0.15) is 19.3 Å². The molecule has 0 saturated carbocycles. The minimum absolute atomic E-state index is 0.0335. The minimum Gasteiger partial charge on any atom is -0.464 e. The van der Waals surface area contributed by atoms with Crippen LogP contribution < -0.4 is 10.6 Å². The molecule has 1 aliphatic carbocycles. The summed E-state index contributed by atoms with van der Waals surface area (Å²) in [4.78, 5) is 37.5. The van der Waals surface area contributed by atoms with E-state index in [0.717, 1.165) is 27.8 Å². The predicted octanol–water partition coefficient (Wildman–Crippen LogP) is 4.84. The minimum atomic E-state index is -0.818. The first-order valence-electron chi connectivity index (χ1n) is 12.9. The zero-order valence-corrected chi connectivity index (χ0v) is 22.0. The molecule has 38 heavy (non-hydrogen) atoms. The lowest BCUT2D eigenvalue weighted by molar-refractivity contribution is -0.142. The van der Waals surface area contributed by atoms with E-state index < -0.39 is 24.1 Å². The number of alkyl carbamates (subject to hydrolysis) is 1. The molecule has 7 heteroatoms. The fourth-order valence-electron chi connectivity index (χ4n) is 4.86. The fourth-order valence-corrected chi connectivity index (χ4v) is 4.86. The number of rotatable bonds is 10. The van der Waals surface area contributed by atoms with Crippen LogP contribution in [-0.2, 0) is 25.5 Å². The third kappa shape index (κ3) is 6.59. The van der Waals surface area contributed by atoms with Crippen LogP contribution >= 0.6 is 0 Å². The van der Waals surface area contributed by atoms with Gasteiger partial charge in [-0.05, 0) is 40.2 Å². The molecule has 2 amide bonds. The van der Waals surface area contributed by atoms with Crippen molar-refractivity contribution in [3.8, 4) is 11.1 Å². The summed E-state index contributed by atoms with van der Waals surface area (Å²) in [6, 6.07) is 24.6. The Morgan fingerprint density at radius 2 is 1.37 bits per heavy atom. The molecule has 2 N–H and O–H groups in total. The first kappa shape index (κ1) is 26.9.